The van der Waals surface area contributed by atoms with Crippen LogP contribution in [0.25, 0.3) is 0 Å². The monoisotopic (exact) mass is 653 g/mol. The minimum Gasteiger partial charge on any atom is -0.462 e. The fourth-order valence-corrected chi connectivity index (χ4v) is 6.21. The van der Waals surface area contributed by atoms with E-state index in [0.717, 1.165) is 38.0 Å². The molecular weight excluding hydrogens is 572 g/mol. The predicted molar refractivity (Wildman–Crippen MR) is 196 cm³/mol. The molecule has 0 bridgehead atoms. The average molecular weight is 653 g/mol. The van der Waals surface area contributed by atoms with Gasteiger partial charge in [0.1, 0.15) is 6.61 Å². The molecule has 0 saturated heterocycles. The van der Waals surface area contributed by atoms with Gasteiger partial charge in [-0.15, -0.1) is 0 Å². The summed E-state index contributed by atoms with van der Waals surface area (Å²) in [5.41, 5.74) is 0. The molecule has 0 amide bonds. The van der Waals surface area contributed by atoms with E-state index in [1.807, 2.05) is 0 Å². The molecule has 0 saturated carbocycles. The number of aliphatic hydroxyl groups is 1. The van der Waals surface area contributed by atoms with Gasteiger partial charge in [-0.05, 0) is 18.8 Å². The van der Waals surface area contributed by atoms with Crippen LogP contribution in [0, 0.1) is 5.92 Å². The van der Waals surface area contributed by atoms with Gasteiger partial charge in [-0.3, -0.25) is 9.59 Å². The highest BCUT2D eigenvalue weighted by Gasteiger charge is 2.16. The number of carbonyl (C=O) groups excluding carboxylic acids is 2. The molecule has 0 aliphatic heterocycles. The normalized spacial score (nSPS) is 12.1. The highest BCUT2D eigenvalue weighted by Crippen LogP contribution is 2.16. The van der Waals surface area contributed by atoms with Crippen LogP contribution in [-0.4, -0.2) is 36.4 Å². The average Bonchev–Trinajstić information content (AvgIpc) is 3.04. The predicted octanol–water partition coefficient (Wildman–Crippen LogP) is 12.6. The lowest BCUT2D eigenvalue weighted by atomic mass is 10.0. The molecule has 0 aliphatic rings. The van der Waals surface area contributed by atoms with Crippen molar-refractivity contribution in [3.63, 3.8) is 0 Å². The number of carbonyl (C=O) groups is 2. The Morgan fingerprint density at radius 3 is 1.15 bits per heavy atom. The van der Waals surface area contributed by atoms with Crippen molar-refractivity contribution in [1.29, 1.82) is 0 Å². The van der Waals surface area contributed by atoms with E-state index in [0.29, 0.717) is 12.8 Å². The molecule has 5 nitrogen and oxygen atoms in total. The van der Waals surface area contributed by atoms with Crippen molar-refractivity contribution in [1.82, 2.24) is 0 Å². The first-order valence-corrected chi connectivity index (χ1v) is 20.5. The Morgan fingerprint density at radius 1 is 0.478 bits per heavy atom. The summed E-state index contributed by atoms with van der Waals surface area (Å²) in [5, 5.41) is 9.54. The first-order valence-electron chi connectivity index (χ1n) is 20.5. The Kier molecular flexibility index (Phi) is 35.9. The van der Waals surface area contributed by atoms with Gasteiger partial charge < -0.3 is 14.6 Å². The van der Waals surface area contributed by atoms with Crippen molar-refractivity contribution in [2.24, 2.45) is 5.92 Å². The fraction of sp³-hybridized carbons (Fsp3) is 0.951. The van der Waals surface area contributed by atoms with Gasteiger partial charge in [-0.1, -0.05) is 201 Å². The lowest BCUT2D eigenvalue weighted by Crippen LogP contribution is -2.28. The SMILES string of the molecule is CCCCCCCCCCCCCC(=O)O[C@@H](CO)COC(=O)CCCCCCCCCCCCCCCCCCCCC(C)C. The molecule has 1 N–H and O–H groups in total. The van der Waals surface area contributed by atoms with Crippen LogP contribution in [0.4, 0.5) is 0 Å². The smallest absolute Gasteiger partial charge is 0.306 e. The van der Waals surface area contributed by atoms with Crippen molar-refractivity contribution >= 4 is 11.9 Å². The maximum Gasteiger partial charge on any atom is 0.306 e. The number of esters is 2. The Labute approximate surface area is 287 Å². The van der Waals surface area contributed by atoms with Crippen molar-refractivity contribution in [3.8, 4) is 0 Å². The van der Waals surface area contributed by atoms with Crippen molar-refractivity contribution in [2.75, 3.05) is 13.2 Å². The summed E-state index contributed by atoms with van der Waals surface area (Å²) in [4.78, 5) is 24.2. The van der Waals surface area contributed by atoms with E-state index in [9.17, 15) is 14.7 Å². The number of rotatable bonds is 37. The molecule has 0 aromatic carbocycles. The van der Waals surface area contributed by atoms with Gasteiger partial charge in [-0.2, -0.15) is 0 Å². The number of hydrogen-bond donors (Lipinski definition) is 1. The maximum absolute atomic E-state index is 12.1. The molecule has 5 heteroatoms. The summed E-state index contributed by atoms with van der Waals surface area (Å²) >= 11 is 0. The van der Waals surface area contributed by atoms with E-state index in [2.05, 4.69) is 20.8 Å². The highest BCUT2D eigenvalue weighted by atomic mass is 16.6. The number of hydrogen-bond acceptors (Lipinski definition) is 5. The van der Waals surface area contributed by atoms with Crippen LogP contribution in [0.1, 0.15) is 226 Å². The molecule has 46 heavy (non-hydrogen) atoms. The number of aliphatic hydroxyl groups excluding tert-OH is 1. The van der Waals surface area contributed by atoms with Crippen LogP contribution in [0.2, 0.25) is 0 Å². The van der Waals surface area contributed by atoms with Gasteiger partial charge in [0.15, 0.2) is 6.10 Å². The second-order valence-corrected chi connectivity index (χ2v) is 14.6. The second kappa shape index (κ2) is 36.7. The van der Waals surface area contributed by atoms with Crippen molar-refractivity contribution in [2.45, 2.75) is 232 Å². The van der Waals surface area contributed by atoms with E-state index < -0.39 is 6.10 Å². The van der Waals surface area contributed by atoms with Gasteiger partial charge in [0, 0.05) is 12.8 Å². The summed E-state index contributed by atoms with van der Waals surface area (Å²) < 4.78 is 10.6. The van der Waals surface area contributed by atoms with Crippen LogP contribution < -0.4 is 0 Å². The molecule has 0 aromatic heterocycles. The fourth-order valence-electron chi connectivity index (χ4n) is 6.21. The number of ether oxygens (including phenoxy) is 2. The standard InChI is InChI=1S/C41H80O5/c1-4-5-6-7-8-9-18-23-26-29-32-35-41(44)46-39(36-42)37-45-40(43)34-31-28-25-22-20-17-15-13-11-10-12-14-16-19-21-24-27-30-33-38(2)3/h38-39,42H,4-37H2,1-3H3/t39-/m0/s1. The molecule has 0 spiro atoms. The Hall–Kier alpha value is -1.10. The van der Waals surface area contributed by atoms with Gasteiger partial charge >= 0.3 is 11.9 Å². The minimum absolute atomic E-state index is 0.0575. The number of unbranched alkanes of at least 4 members (excludes halogenated alkanes) is 27. The van der Waals surface area contributed by atoms with Gasteiger partial charge in [0.05, 0.1) is 6.61 Å². The summed E-state index contributed by atoms with van der Waals surface area (Å²) in [6.45, 7) is 6.52. The van der Waals surface area contributed by atoms with Crippen LogP contribution in [-0.2, 0) is 19.1 Å². The van der Waals surface area contributed by atoms with Crippen LogP contribution in [0.15, 0.2) is 0 Å². The summed E-state index contributed by atoms with van der Waals surface area (Å²) in [7, 11) is 0. The van der Waals surface area contributed by atoms with Gasteiger partial charge in [0.25, 0.3) is 0 Å². The van der Waals surface area contributed by atoms with E-state index in [4.69, 9.17) is 9.47 Å². The Morgan fingerprint density at radius 2 is 0.804 bits per heavy atom. The molecule has 0 aromatic rings. The van der Waals surface area contributed by atoms with Crippen LogP contribution >= 0.6 is 0 Å². The van der Waals surface area contributed by atoms with E-state index in [1.165, 1.54) is 161 Å². The summed E-state index contributed by atoms with van der Waals surface area (Å²) in [6, 6.07) is 0. The highest BCUT2D eigenvalue weighted by molar-refractivity contribution is 5.70. The Balaban J connectivity index is 3.45. The third-order valence-electron chi connectivity index (χ3n) is 9.33. The zero-order chi connectivity index (χ0) is 33.8. The second-order valence-electron chi connectivity index (χ2n) is 14.6. The largest absolute Gasteiger partial charge is 0.462 e. The summed E-state index contributed by atoms with van der Waals surface area (Å²) in [6.07, 6.45) is 38.8. The maximum atomic E-state index is 12.1. The van der Waals surface area contributed by atoms with Gasteiger partial charge in [0.2, 0.25) is 0 Å². The van der Waals surface area contributed by atoms with E-state index in [-0.39, 0.29) is 25.2 Å². The third kappa shape index (κ3) is 35.7. The topological polar surface area (TPSA) is 72.8 Å². The minimum atomic E-state index is -0.761. The molecule has 0 radical (unpaired) electrons. The Bertz CT molecular complexity index is 634. The molecule has 0 heterocycles. The first kappa shape index (κ1) is 44.9. The lowest BCUT2D eigenvalue weighted by Gasteiger charge is -2.15. The summed E-state index contributed by atoms with van der Waals surface area (Å²) in [5.74, 6) is 0.288. The van der Waals surface area contributed by atoms with E-state index in [1.54, 1.807) is 0 Å². The van der Waals surface area contributed by atoms with Crippen molar-refractivity contribution < 1.29 is 24.2 Å². The van der Waals surface area contributed by atoms with Crippen molar-refractivity contribution in [3.05, 3.63) is 0 Å². The van der Waals surface area contributed by atoms with E-state index >= 15 is 0 Å². The lowest BCUT2D eigenvalue weighted by molar-refractivity contribution is -0.161. The first-order chi connectivity index (χ1) is 22.5. The molecule has 0 fully saturated rings. The zero-order valence-corrected chi connectivity index (χ0v) is 31.3. The molecule has 0 unspecified atom stereocenters. The molecule has 274 valence electrons. The zero-order valence-electron chi connectivity index (χ0n) is 31.3. The molecule has 1 atom stereocenters. The third-order valence-corrected chi connectivity index (χ3v) is 9.33. The molecule has 0 aliphatic carbocycles. The van der Waals surface area contributed by atoms with Crippen LogP contribution in [0.5, 0.6) is 0 Å². The molecule has 0 rings (SSSR count). The van der Waals surface area contributed by atoms with Gasteiger partial charge in [-0.25, -0.2) is 0 Å². The quantitative estimate of drug-likeness (QED) is 0.0534. The molecular formula is C41H80O5. The van der Waals surface area contributed by atoms with Crippen LogP contribution in [0.3, 0.4) is 0 Å².